The highest BCUT2D eigenvalue weighted by Crippen LogP contribution is 2.14. The first-order chi connectivity index (χ1) is 6.24. The van der Waals surface area contributed by atoms with Gasteiger partial charge in [0.15, 0.2) is 0 Å². The van der Waals surface area contributed by atoms with Crippen LogP contribution in [-0.2, 0) is 4.79 Å². The van der Waals surface area contributed by atoms with Crippen molar-refractivity contribution in [3.05, 3.63) is 0 Å². The normalized spacial score (nSPS) is 35.3. The van der Waals surface area contributed by atoms with Gasteiger partial charge in [-0.25, -0.2) is 0 Å². The van der Waals surface area contributed by atoms with E-state index in [1.165, 1.54) is 0 Å². The summed E-state index contributed by atoms with van der Waals surface area (Å²) in [6.07, 6.45) is 1.81. The lowest BCUT2D eigenvalue weighted by Gasteiger charge is -2.18. The molecule has 0 aromatic carbocycles. The molecule has 2 rings (SSSR count). The maximum atomic E-state index is 10.9. The van der Waals surface area contributed by atoms with E-state index in [9.17, 15) is 4.79 Å². The van der Waals surface area contributed by atoms with Crippen LogP contribution in [0, 0.1) is 5.92 Å². The van der Waals surface area contributed by atoms with Crippen molar-refractivity contribution in [1.82, 2.24) is 10.2 Å². The topological polar surface area (TPSA) is 58.4 Å². The number of nitrogens with zero attached hydrogens (tertiary/aromatic N) is 1. The molecule has 2 aliphatic heterocycles. The van der Waals surface area contributed by atoms with E-state index >= 15 is 0 Å². The lowest BCUT2D eigenvalue weighted by Crippen LogP contribution is -2.31. The van der Waals surface area contributed by atoms with Crippen LogP contribution in [0.3, 0.4) is 0 Å². The SMILES string of the molecule is NC1CCN(CC2CNC(=O)C2)C1. The molecule has 2 heterocycles. The van der Waals surface area contributed by atoms with Crippen molar-refractivity contribution in [2.24, 2.45) is 11.7 Å². The summed E-state index contributed by atoms with van der Waals surface area (Å²) in [5.41, 5.74) is 5.80. The average molecular weight is 183 g/mol. The number of nitrogens with two attached hydrogens (primary N) is 1. The van der Waals surface area contributed by atoms with Crippen molar-refractivity contribution >= 4 is 5.91 Å². The van der Waals surface area contributed by atoms with E-state index in [-0.39, 0.29) is 5.91 Å². The molecular formula is C9H17N3O. The van der Waals surface area contributed by atoms with Crippen molar-refractivity contribution in [2.45, 2.75) is 18.9 Å². The van der Waals surface area contributed by atoms with E-state index in [4.69, 9.17) is 5.73 Å². The van der Waals surface area contributed by atoms with Gasteiger partial charge in [-0.1, -0.05) is 0 Å². The fraction of sp³-hybridized carbons (Fsp3) is 0.889. The summed E-state index contributed by atoms with van der Waals surface area (Å²) in [6.45, 7) is 3.99. The van der Waals surface area contributed by atoms with E-state index in [1.54, 1.807) is 0 Å². The Balaban J connectivity index is 1.75. The van der Waals surface area contributed by atoms with Gasteiger partial charge in [-0.05, 0) is 18.9 Å². The molecule has 2 unspecified atom stereocenters. The molecule has 4 heteroatoms. The zero-order chi connectivity index (χ0) is 9.26. The van der Waals surface area contributed by atoms with Gasteiger partial charge in [-0.15, -0.1) is 0 Å². The Morgan fingerprint density at radius 1 is 1.62 bits per heavy atom. The molecular weight excluding hydrogens is 166 g/mol. The number of likely N-dealkylation sites (tertiary alicyclic amines) is 1. The van der Waals surface area contributed by atoms with Crippen LogP contribution in [0.1, 0.15) is 12.8 Å². The Kier molecular flexibility index (Phi) is 2.51. The minimum Gasteiger partial charge on any atom is -0.356 e. The molecule has 0 aromatic heterocycles. The summed E-state index contributed by atoms with van der Waals surface area (Å²) in [4.78, 5) is 13.3. The van der Waals surface area contributed by atoms with E-state index in [2.05, 4.69) is 10.2 Å². The molecule has 0 aliphatic carbocycles. The van der Waals surface area contributed by atoms with E-state index in [1.807, 2.05) is 0 Å². The first-order valence-corrected chi connectivity index (χ1v) is 4.98. The van der Waals surface area contributed by atoms with Gasteiger partial charge < -0.3 is 16.0 Å². The first kappa shape index (κ1) is 8.97. The summed E-state index contributed by atoms with van der Waals surface area (Å²) >= 11 is 0. The largest absolute Gasteiger partial charge is 0.356 e. The van der Waals surface area contributed by atoms with Gasteiger partial charge in [0.25, 0.3) is 0 Å². The second kappa shape index (κ2) is 3.64. The van der Waals surface area contributed by atoms with Gasteiger partial charge in [0, 0.05) is 32.1 Å². The quantitative estimate of drug-likeness (QED) is 0.586. The van der Waals surface area contributed by atoms with Gasteiger partial charge >= 0.3 is 0 Å². The highest BCUT2D eigenvalue weighted by molar-refractivity contribution is 5.78. The van der Waals surface area contributed by atoms with Crippen molar-refractivity contribution in [3.63, 3.8) is 0 Å². The minimum absolute atomic E-state index is 0.202. The molecule has 2 fully saturated rings. The molecule has 4 nitrogen and oxygen atoms in total. The summed E-state index contributed by atoms with van der Waals surface area (Å²) in [5, 5.41) is 2.86. The van der Waals surface area contributed by atoms with Crippen LogP contribution in [0.4, 0.5) is 0 Å². The molecule has 0 spiro atoms. The third kappa shape index (κ3) is 2.19. The van der Waals surface area contributed by atoms with Gasteiger partial charge in [-0.2, -0.15) is 0 Å². The number of carbonyl (C=O) groups is 1. The highest BCUT2D eigenvalue weighted by atomic mass is 16.1. The number of carbonyl (C=O) groups excluding carboxylic acids is 1. The zero-order valence-electron chi connectivity index (χ0n) is 7.83. The third-order valence-electron chi connectivity index (χ3n) is 2.89. The fourth-order valence-corrected chi connectivity index (χ4v) is 2.19. The monoisotopic (exact) mass is 183 g/mol. The Hall–Kier alpha value is -0.610. The summed E-state index contributed by atoms with van der Waals surface area (Å²) in [5.74, 6) is 0.714. The lowest BCUT2D eigenvalue weighted by molar-refractivity contribution is -0.119. The Morgan fingerprint density at radius 3 is 3.00 bits per heavy atom. The molecule has 74 valence electrons. The first-order valence-electron chi connectivity index (χ1n) is 4.98. The molecule has 1 amide bonds. The minimum atomic E-state index is 0.202. The molecule has 3 N–H and O–H groups in total. The molecule has 0 saturated carbocycles. The molecule has 0 radical (unpaired) electrons. The van der Waals surface area contributed by atoms with Crippen LogP contribution < -0.4 is 11.1 Å². The number of hydrogen-bond acceptors (Lipinski definition) is 3. The number of nitrogens with one attached hydrogen (secondary N) is 1. The van der Waals surface area contributed by atoms with Crippen LogP contribution in [-0.4, -0.2) is 43.0 Å². The predicted octanol–water partition coefficient (Wildman–Crippen LogP) is -0.844. The Bertz CT molecular complexity index is 207. The highest BCUT2D eigenvalue weighted by Gasteiger charge is 2.26. The van der Waals surface area contributed by atoms with Crippen LogP contribution in [0.25, 0.3) is 0 Å². The van der Waals surface area contributed by atoms with Crippen molar-refractivity contribution < 1.29 is 4.79 Å². The van der Waals surface area contributed by atoms with Gasteiger partial charge in [-0.3, -0.25) is 4.79 Å². The Morgan fingerprint density at radius 2 is 2.46 bits per heavy atom. The maximum absolute atomic E-state index is 10.9. The molecule has 2 atom stereocenters. The van der Waals surface area contributed by atoms with Crippen LogP contribution in [0.5, 0.6) is 0 Å². The van der Waals surface area contributed by atoms with Crippen molar-refractivity contribution in [3.8, 4) is 0 Å². The van der Waals surface area contributed by atoms with Gasteiger partial charge in [0.2, 0.25) is 5.91 Å². The molecule has 13 heavy (non-hydrogen) atoms. The van der Waals surface area contributed by atoms with E-state index < -0.39 is 0 Å². The summed E-state index contributed by atoms with van der Waals surface area (Å²) in [6, 6.07) is 0.352. The van der Waals surface area contributed by atoms with Crippen LogP contribution in [0.2, 0.25) is 0 Å². The van der Waals surface area contributed by atoms with E-state index in [0.717, 1.165) is 32.6 Å². The molecule has 2 saturated heterocycles. The molecule has 0 bridgehead atoms. The number of amides is 1. The average Bonchev–Trinajstić information content (AvgIpc) is 2.62. The standard InChI is InChI=1S/C9H17N3O/c10-8-1-2-12(6-8)5-7-3-9(13)11-4-7/h7-8H,1-6,10H2,(H,11,13). The number of rotatable bonds is 2. The number of hydrogen-bond donors (Lipinski definition) is 2. The fourth-order valence-electron chi connectivity index (χ4n) is 2.19. The molecule has 2 aliphatic rings. The van der Waals surface area contributed by atoms with Crippen LogP contribution in [0.15, 0.2) is 0 Å². The van der Waals surface area contributed by atoms with Crippen molar-refractivity contribution in [1.29, 1.82) is 0 Å². The second-order valence-electron chi connectivity index (χ2n) is 4.18. The molecule has 0 aromatic rings. The smallest absolute Gasteiger partial charge is 0.220 e. The zero-order valence-corrected chi connectivity index (χ0v) is 7.83. The van der Waals surface area contributed by atoms with Crippen molar-refractivity contribution in [2.75, 3.05) is 26.2 Å². The maximum Gasteiger partial charge on any atom is 0.220 e. The van der Waals surface area contributed by atoms with Gasteiger partial charge in [0.05, 0.1) is 0 Å². The van der Waals surface area contributed by atoms with Gasteiger partial charge in [0.1, 0.15) is 0 Å². The second-order valence-corrected chi connectivity index (χ2v) is 4.18. The van der Waals surface area contributed by atoms with E-state index in [0.29, 0.717) is 18.4 Å². The summed E-state index contributed by atoms with van der Waals surface area (Å²) in [7, 11) is 0. The Labute approximate surface area is 78.5 Å². The lowest BCUT2D eigenvalue weighted by atomic mass is 10.1. The van der Waals surface area contributed by atoms with Crippen LogP contribution >= 0.6 is 0 Å². The predicted molar refractivity (Wildman–Crippen MR) is 50.1 cm³/mol. The third-order valence-corrected chi connectivity index (χ3v) is 2.89. The summed E-state index contributed by atoms with van der Waals surface area (Å²) < 4.78 is 0.